The maximum atomic E-state index is 11.1. The van der Waals surface area contributed by atoms with Gasteiger partial charge in [-0.1, -0.05) is 38.5 Å². The van der Waals surface area contributed by atoms with Gasteiger partial charge < -0.3 is 21.5 Å². The van der Waals surface area contributed by atoms with Crippen LogP contribution in [0.5, 0.6) is 0 Å². The average molecular weight is 354 g/mol. The first-order valence-electron chi connectivity index (χ1n) is 10.0. The molecule has 0 radical (unpaired) electrons. The van der Waals surface area contributed by atoms with Crippen LogP contribution >= 0.6 is 0 Å². The van der Waals surface area contributed by atoms with Gasteiger partial charge in [0, 0.05) is 18.5 Å². The zero-order chi connectivity index (χ0) is 18.1. The molecule has 1 saturated carbocycles. The molecular weight excluding hydrogens is 318 g/mol. The average Bonchev–Trinajstić information content (AvgIpc) is 2.60. The number of aliphatic carboxylic acids is 1. The quantitative estimate of drug-likeness (QED) is 0.395. The zero-order valence-corrected chi connectivity index (χ0v) is 15.3. The number of nitrogens with two attached hydrogens (primary N) is 1. The fraction of sp³-hybridized carbons (Fsp3) is 0.895. The molecule has 1 aliphatic heterocycles. The monoisotopic (exact) mass is 353 g/mol. The van der Waals surface area contributed by atoms with Crippen molar-refractivity contribution in [1.82, 2.24) is 10.6 Å². The van der Waals surface area contributed by atoms with E-state index >= 15 is 0 Å². The molecule has 4 atom stereocenters. The summed E-state index contributed by atoms with van der Waals surface area (Å²) in [6, 6.07) is 0.00409. The van der Waals surface area contributed by atoms with Gasteiger partial charge in [0.1, 0.15) is 0 Å². The van der Waals surface area contributed by atoms with E-state index in [1.807, 2.05) is 0 Å². The van der Waals surface area contributed by atoms with Crippen molar-refractivity contribution in [3.05, 3.63) is 0 Å². The molecule has 0 aromatic carbocycles. The minimum absolute atomic E-state index is 0.0469. The van der Waals surface area contributed by atoms with Crippen LogP contribution < -0.4 is 16.4 Å². The van der Waals surface area contributed by atoms with Crippen LogP contribution in [0.15, 0.2) is 0 Å². The van der Waals surface area contributed by atoms with Gasteiger partial charge in [-0.15, -0.1) is 0 Å². The highest BCUT2D eigenvalue weighted by molar-refractivity contribution is 5.66. The Morgan fingerprint density at radius 2 is 1.92 bits per heavy atom. The van der Waals surface area contributed by atoms with Crippen LogP contribution in [0.4, 0.5) is 0 Å². The summed E-state index contributed by atoms with van der Waals surface area (Å²) in [7, 11) is 0. The summed E-state index contributed by atoms with van der Waals surface area (Å²) >= 11 is 0. The first kappa shape index (κ1) is 20.2. The third-order valence-corrected chi connectivity index (χ3v) is 6.12. The van der Waals surface area contributed by atoms with Gasteiger partial charge in [0.2, 0.25) is 6.41 Å². The summed E-state index contributed by atoms with van der Waals surface area (Å²) in [4.78, 5) is 21.8. The van der Waals surface area contributed by atoms with Crippen LogP contribution in [0.3, 0.4) is 0 Å². The first-order valence-corrected chi connectivity index (χ1v) is 10.0. The summed E-state index contributed by atoms with van der Waals surface area (Å²) in [5.74, 6) is 0.678. The van der Waals surface area contributed by atoms with E-state index in [2.05, 4.69) is 10.6 Å². The normalized spacial score (nSPS) is 31.7. The van der Waals surface area contributed by atoms with E-state index in [4.69, 9.17) is 10.8 Å². The Kier molecular flexibility index (Phi) is 8.68. The molecule has 2 fully saturated rings. The van der Waals surface area contributed by atoms with Gasteiger partial charge >= 0.3 is 5.97 Å². The lowest BCUT2D eigenvalue weighted by molar-refractivity contribution is -0.137. The number of hydrogen-bond acceptors (Lipinski definition) is 4. The van der Waals surface area contributed by atoms with Gasteiger partial charge in [0.25, 0.3) is 0 Å². The van der Waals surface area contributed by atoms with Crippen molar-refractivity contribution in [3.8, 4) is 0 Å². The molecule has 0 aromatic rings. The molecule has 6 nitrogen and oxygen atoms in total. The van der Waals surface area contributed by atoms with Crippen molar-refractivity contribution in [3.63, 3.8) is 0 Å². The van der Waals surface area contributed by atoms with Gasteiger partial charge in [-0.3, -0.25) is 9.59 Å². The Hall–Kier alpha value is -1.14. The van der Waals surface area contributed by atoms with Crippen LogP contribution in [-0.4, -0.2) is 42.2 Å². The maximum Gasteiger partial charge on any atom is 0.303 e. The van der Waals surface area contributed by atoms with E-state index in [0.29, 0.717) is 12.3 Å². The predicted octanol–water partition coefficient (Wildman–Crippen LogP) is 2.02. The smallest absolute Gasteiger partial charge is 0.303 e. The summed E-state index contributed by atoms with van der Waals surface area (Å²) in [6.07, 6.45) is 12.1. The largest absolute Gasteiger partial charge is 0.481 e. The number of nitrogens with one attached hydrogen (secondary N) is 2. The van der Waals surface area contributed by atoms with Gasteiger partial charge in [-0.05, 0) is 44.1 Å². The Bertz CT molecular complexity index is 413. The fourth-order valence-electron chi connectivity index (χ4n) is 4.77. The zero-order valence-electron chi connectivity index (χ0n) is 15.3. The molecule has 4 unspecified atom stereocenters. The summed E-state index contributed by atoms with van der Waals surface area (Å²) < 4.78 is 0. The molecule has 0 spiro atoms. The number of carbonyl (C=O) groups is 2. The molecular formula is C19H35N3O3. The molecule has 5 N–H and O–H groups in total. The third-order valence-electron chi connectivity index (χ3n) is 6.12. The molecule has 0 bridgehead atoms. The van der Waals surface area contributed by atoms with Crippen LogP contribution in [0.1, 0.15) is 70.6 Å². The highest BCUT2D eigenvalue weighted by Gasteiger charge is 2.33. The number of carboxylic acids is 1. The minimum Gasteiger partial charge on any atom is -0.481 e. The van der Waals surface area contributed by atoms with Crippen LogP contribution in [0.25, 0.3) is 0 Å². The van der Waals surface area contributed by atoms with Gasteiger partial charge in [-0.2, -0.15) is 0 Å². The molecule has 1 heterocycles. The standard InChI is InChI=1S/C19H35N3O3/c20-16-12-15(14-6-2-1-3-7-14)10-11-21-17(19(16)22-13-23)8-4-5-9-18(24)25/h13-17,19,21H,1-12,20H2,(H,22,23)(H,24,25). The van der Waals surface area contributed by atoms with E-state index in [1.54, 1.807) is 0 Å². The Balaban J connectivity index is 1.91. The number of hydrogen-bond donors (Lipinski definition) is 4. The van der Waals surface area contributed by atoms with E-state index in [1.165, 1.54) is 32.1 Å². The van der Waals surface area contributed by atoms with Crippen molar-refractivity contribution in [2.45, 2.75) is 88.8 Å². The molecule has 6 heteroatoms. The molecule has 144 valence electrons. The second-order valence-electron chi connectivity index (χ2n) is 7.86. The fourth-order valence-corrected chi connectivity index (χ4v) is 4.77. The molecule has 2 rings (SSSR count). The van der Waals surface area contributed by atoms with Crippen molar-refractivity contribution >= 4 is 12.4 Å². The van der Waals surface area contributed by atoms with Gasteiger partial charge in [-0.25, -0.2) is 0 Å². The minimum atomic E-state index is -0.750. The summed E-state index contributed by atoms with van der Waals surface area (Å²) in [5, 5.41) is 15.3. The van der Waals surface area contributed by atoms with Crippen molar-refractivity contribution in [1.29, 1.82) is 0 Å². The number of unbranched alkanes of at least 4 members (excludes halogenated alkanes) is 1. The van der Waals surface area contributed by atoms with Gasteiger partial charge in [0.15, 0.2) is 0 Å². The van der Waals surface area contributed by atoms with Crippen molar-refractivity contribution in [2.24, 2.45) is 17.6 Å². The summed E-state index contributed by atoms with van der Waals surface area (Å²) in [6.45, 7) is 0.953. The summed E-state index contributed by atoms with van der Waals surface area (Å²) in [5.41, 5.74) is 6.52. The SMILES string of the molecule is NC1CC(C2CCCCC2)CCNC(CCCCC(=O)O)C1NC=O. The molecule has 2 aliphatic rings. The number of carboxylic acid groups (broad SMARTS) is 1. The lowest BCUT2D eigenvalue weighted by atomic mass is 9.74. The highest BCUT2D eigenvalue weighted by atomic mass is 16.4. The van der Waals surface area contributed by atoms with Crippen LogP contribution in [-0.2, 0) is 9.59 Å². The Morgan fingerprint density at radius 3 is 2.60 bits per heavy atom. The lowest BCUT2D eigenvalue weighted by Gasteiger charge is -2.40. The van der Waals surface area contributed by atoms with Gasteiger partial charge in [0.05, 0.1) is 6.04 Å². The second-order valence-corrected chi connectivity index (χ2v) is 7.86. The van der Waals surface area contributed by atoms with E-state index < -0.39 is 5.97 Å². The second kappa shape index (κ2) is 10.8. The van der Waals surface area contributed by atoms with E-state index in [0.717, 1.165) is 44.6 Å². The van der Waals surface area contributed by atoms with Crippen LogP contribution in [0.2, 0.25) is 0 Å². The lowest BCUT2D eigenvalue weighted by Crippen LogP contribution is -2.59. The van der Waals surface area contributed by atoms with Crippen molar-refractivity contribution < 1.29 is 14.7 Å². The van der Waals surface area contributed by atoms with E-state index in [-0.39, 0.29) is 24.5 Å². The topological polar surface area (TPSA) is 104 Å². The Morgan fingerprint density at radius 1 is 1.16 bits per heavy atom. The number of carbonyl (C=O) groups excluding carboxylic acids is 1. The molecule has 1 aliphatic carbocycles. The predicted molar refractivity (Wildman–Crippen MR) is 98.2 cm³/mol. The first-order chi connectivity index (χ1) is 12.1. The van der Waals surface area contributed by atoms with Crippen LogP contribution in [0, 0.1) is 11.8 Å². The molecule has 1 amide bonds. The molecule has 25 heavy (non-hydrogen) atoms. The molecule has 0 aromatic heterocycles. The third kappa shape index (κ3) is 6.59. The maximum absolute atomic E-state index is 11.1. The van der Waals surface area contributed by atoms with Crippen molar-refractivity contribution in [2.75, 3.05) is 6.54 Å². The molecule has 1 saturated heterocycles. The number of amides is 1. The number of rotatable bonds is 8. The highest BCUT2D eigenvalue weighted by Crippen LogP contribution is 2.35. The van der Waals surface area contributed by atoms with E-state index in [9.17, 15) is 9.59 Å². The Labute approximate surface area is 151 Å².